The topological polar surface area (TPSA) is 41.1 Å². The van der Waals surface area contributed by atoms with Crippen molar-refractivity contribution in [2.75, 3.05) is 24.5 Å². The molecule has 0 bridgehead atoms. The highest BCUT2D eigenvalue weighted by Gasteiger charge is 2.29. The minimum atomic E-state index is 0.724. The highest BCUT2D eigenvalue weighted by atomic mass is 15.3. The highest BCUT2D eigenvalue weighted by Crippen LogP contribution is 2.26. The van der Waals surface area contributed by atoms with Crippen LogP contribution in [0.25, 0.3) is 0 Å². The van der Waals surface area contributed by atoms with Gasteiger partial charge in [0.05, 0.1) is 0 Å². The molecule has 2 aliphatic heterocycles. The van der Waals surface area contributed by atoms with Gasteiger partial charge in [0.15, 0.2) is 0 Å². The molecule has 4 heteroatoms. The van der Waals surface area contributed by atoms with Crippen molar-refractivity contribution >= 4 is 5.95 Å². The predicted molar refractivity (Wildman–Crippen MR) is 68.0 cm³/mol. The van der Waals surface area contributed by atoms with Gasteiger partial charge in [-0.25, -0.2) is 9.97 Å². The second kappa shape index (κ2) is 5.00. The fourth-order valence-electron chi connectivity index (χ4n) is 3.09. The smallest absolute Gasteiger partial charge is 0.225 e. The Kier molecular flexibility index (Phi) is 3.22. The van der Waals surface area contributed by atoms with Crippen LogP contribution in [0.1, 0.15) is 25.7 Å². The Morgan fingerprint density at radius 1 is 1.18 bits per heavy atom. The summed E-state index contributed by atoms with van der Waals surface area (Å²) in [5.41, 5.74) is 0. The molecule has 3 heterocycles. The first-order chi connectivity index (χ1) is 8.43. The van der Waals surface area contributed by atoms with E-state index in [1.54, 1.807) is 0 Å². The number of hydrogen-bond donors (Lipinski definition) is 1. The van der Waals surface area contributed by atoms with Gasteiger partial charge < -0.3 is 10.2 Å². The zero-order valence-electron chi connectivity index (χ0n) is 10.2. The summed E-state index contributed by atoms with van der Waals surface area (Å²) in [6.45, 7) is 3.41. The number of anilines is 1. The quantitative estimate of drug-likeness (QED) is 0.838. The molecule has 2 fully saturated rings. The van der Waals surface area contributed by atoms with E-state index in [9.17, 15) is 0 Å². The summed E-state index contributed by atoms with van der Waals surface area (Å²) in [5, 5.41) is 3.63. The van der Waals surface area contributed by atoms with Crippen molar-refractivity contribution in [3.05, 3.63) is 18.5 Å². The van der Waals surface area contributed by atoms with Gasteiger partial charge in [-0.05, 0) is 44.2 Å². The Hall–Kier alpha value is -1.16. The normalized spacial score (nSPS) is 29.5. The Morgan fingerprint density at radius 2 is 2.06 bits per heavy atom. The summed E-state index contributed by atoms with van der Waals surface area (Å²) >= 11 is 0. The van der Waals surface area contributed by atoms with E-state index in [-0.39, 0.29) is 0 Å². The summed E-state index contributed by atoms with van der Waals surface area (Å²) in [6.07, 6.45) is 8.96. The van der Waals surface area contributed by atoms with Crippen LogP contribution in [0.5, 0.6) is 0 Å². The molecular weight excluding hydrogens is 212 g/mol. The minimum Gasteiger partial charge on any atom is -0.340 e. The lowest BCUT2D eigenvalue weighted by Gasteiger charge is -2.35. The van der Waals surface area contributed by atoms with Crippen molar-refractivity contribution in [1.29, 1.82) is 0 Å². The van der Waals surface area contributed by atoms with E-state index in [0.717, 1.165) is 31.0 Å². The zero-order chi connectivity index (χ0) is 11.5. The molecule has 0 saturated carbocycles. The second-order valence-corrected chi connectivity index (χ2v) is 5.10. The van der Waals surface area contributed by atoms with E-state index in [2.05, 4.69) is 20.2 Å². The number of hydrogen-bond acceptors (Lipinski definition) is 4. The molecule has 0 spiro atoms. The molecule has 1 N–H and O–H groups in total. The van der Waals surface area contributed by atoms with E-state index in [4.69, 9.17) is 0 Å². The molecule has 17 heavy (non-hydrogen) atoms. The molecule has 1 aromatic rings. The molecule has 2 atom stereocenters. The predicted octanol–water partition coefficient (Wildman–Crippen LogP) is 1.44. The van der Waals surface area contributed by atoms with Crippen molar-refractivity contribution in [3.8, 4) is 0 Å². The molecule has 0 amide bonds. The average Bonchev–Trinajstić information content (AvgIpc) is 2.94. The van der Waals surface area contributed by atoms with Crippen LogP contribution in [-0.2, 0) is 0 Å². The monoisotopic (exact) mass is 232 g/mol. The summed E-state index contributed by atoms with van der Waals surface area (Å²) in [4.78, 5) is 11.1. The van der Waals surface area contributed by atoms with Crippen LogP contribution < -0.4 is 10.2 Å². The van der Waals surface area contributed by atoms with Gasteiger partial charge in [0.25, 0.3) is 0 Å². The summed E-state index contributed by atoms with van der Waals surface area (Å²) < 4.78 is 0. The maximum atomic E-state index is 4.36. The van der Waals surface area contributed by atoms with Crippen molar-refractivity contribution in [2.45, 2.75) is 31.7 Å². The maximum absolute atomic E-state index is 4.36. The Bertz CT molecular complexity index is 348. The molecule has 2 unspecified atom stereocenters. The number of piperidine rings is 1. The van der Waals surface area contributed by atoms with Crippen LogP contribution in [0.15, 0.2) is 18.5 Å². The standard InChI is InChI=1S/C13H20N4/c1-5-12(14-6-1)11-4-2-9-17(10-11)13-15-7-3-8-16-13/h3,7-8,11-12,14H,1-2,4-6,9-10H2. The van der Waals surface area contributed by atoms with Crippen molar-refractivity contribution in [2.24, 2.45) is 5.92 Å². The van der Waals surface area contributed by atoms with Crippen molar-refractivity contribution < 1.29 is 0 Å². The fraction of sp³-hybridized carbons (Fsp3) is 0.692. The summed E-state index contributed by atoms with van der Waals surface area (Å²) in [5.74, 6) is 1.67. The third-order valence-corrected chi connectivity index (χ3v) is 3.96. The van der Waals surface area contributed by atoms with E-state index >= 15 is 0 Å². The van der Waals surface area contributed by atoms with Gasteiger partial charge in [-0.3, -0.25) is 0 Å². The molecule has 4 nitrogen and oxygen atoms in total. The molecule has 0 aliphatic carbocycles. The van der Waals surface area contributed by atoms with Gasteiger partial charge in [0, 0.05) is 31.5 Å². The zero-order valence-corrected chi connectivity index (χ0v) is 10.2. The first-order valence-electron chi connectivity index (χ1n) is 6.69. The van der Waals surface area contributed by atoms with Gasteiger partial charge in [0.2, 0.25) is 5.95 Å². The summed E-state index contributed by atoms with van der Waals surface area (Å²) in [7, 11) is 0. The Morgan fingerprint density at radius 3 is 2.82 bits per heavy atom. The van der Waals surface area contributed by atoms with E-state index < -0.39 is 0 Å². The van der Waals surface area contributed by atoms with Gasteiger partial charge in [0.1, 0.15) is 0 Å². The van der Waals surface area contributed by atoms with Gasteiger partial charge in [-0.15, -0.1) is 0 Å². The first-order valence-corrected chi connectivity index (χ1v) is 6.69. The highest BCUT2D eigenvalue weighted by molar-refractivity contribution is 5.29. The van der Waals surface area contributed by atoms with Crippen LogP contribution in [0, 0.1) is 5.92 Å². The molecule has 1 aromatic heterocycles. The fourth-order valence-corrected chi connectivity index (χ4v) is 3.09. The lowest BCUT2D eigenvalue weighted by Crippen LogP contribution is -2.44. The van der Waals surface area contributed by atoms with Crippen LogP contribution in [0.3, 0.4) is 0 Å². The van der Waals surface area contributed by atoms with E-state index in [1.165, 1.54) is 32.2 Å². The van der Waals surface area contributed by atoms with Crippen molar-refractivity contribution in [3.63, 3.8) is 0 Å². The van der Waals surface area contributed by atoms with Crippen LogP contribution in [0.4, 0.5) is 5.95 Å². The second-order valence-electron chi connectivity index (χ2n) is 5.10. The maximum Gasteiger partial charge on any atom is 0.225 e. The van der Waals surface area contributed by atoms with Crippen molar-refractivity contribution in [1.82, 2.24) is 15.3 Å². The van der Waals surface area contributed by atoms with Crippen LogP contribution >= 0.6 is 0 Å². The number of aromatic nitrogens is 2. The molecule has 0 radical (unpaired) electrons. The van der Waals surface area contributed by atoms with Gasteiger partial charge in [-0.1, -0.05) is 0 Å². The molecule has 2 aliphatic rings. The molecule has 92 valence electrons. The SMILES string of the molecule is c1cnc(N2CCCC(C3CCCN3)C2)nc1. The number of nitrogens with one attached hydrogen (secondary N) is 1. The van der Waals surface area contributed by atoms with Gasteiger partial charge >= 0.3 is 0 Å². The Balaban J connectivity index is 1.67. The van der Waals surface area contributed by atoms with Crippen LogP contribution in [0.2, 0.25) is 0 Å². The van der Waals surface area contributed by atoms with Gasteiger partial charge in [-0.2, -0.15) is 0 Å². The largest absolute Gasteiger partial charge is 0.340 e. The van der Waals surface area contributed by atoms with Crippen LogP contribution in [-0.4, -0.2) is 35.6 Å². The van der Waals surface area contributed by atoms with E-state index in [1.807, 2.05) is 18.5 Å². The average molecular weight is 232 g/mol. The number of nitrogens with zero attached hydrogens (tertiary/aromatic N) is 3. The molecule has 0 aromatic carbocycles. The molecule has 3 rings (SSSR count). The number of rotatable bonds is 2. The third kappa shape index (κ3) is 2.41. The van der Waals surface area contributed by atoms with E-state index in [0.29, 0.717) is 0 Å². The first kappa shape index (κ1) is 11.0. The molecule has 2 saturated heterocycles. The third-order valence-electron chi connectivity index (χ3n) is 3.96. The lowest BCUT2D eigenvalue weighted by atomic mass is 9.90. The minimum absolute atomic E-state index is 0.724. The molecular formula is C13H20N4. The lowest BCUT2D eigenvalue weighted by molar-refractivity contribution is 0.327. The summed E-state index contributed by atoms with van der Waals surface area (Å²) in [6, 6.07) is 2.60. The Labute approximate surface area is 102 Å².